The number of carbonyl (C=O) groups is 2. The van der Waals surface area contributed by atoms with Gasteiger partial charge in [0.15, 0.2) is 29.1 Å². The highest BCUT2D eigenvalue weighted by Crippen LogP contribution is 2.34. The summed E-state index contributed by atoms with van der Waals surface area (Å²) in [5.41, 5.74) is 0.894. The van der Waals surface area contributed by atoms with Gasteiger partial charge in [0.2, 0.25) is 0 Å². The van der Waals surface area contributed by atoms with E-state index in [9.17, 15) is 31.5 Å². The van der Waals surface area contributed by atoms with Crippen LogP contribution in [0, 0.1) is 36.2 Å². The molecule has 0 atom stereocenters. The Labute approximate surface area is 287 Å². The van der Waals surface area contributed by atoms with Crippen LogP contribution in [-0.4, -0.2) is 22.2 Å². The second kappa shape index (κ2) is 15.5. The second-order valence-corrected chi connectivity index (χ2v) is 11.9. The van der Waals surface area contributed by atoms with Crippen molar-refractivity contribution in [3.05, 3.63) is 111 Å². The van der Waals surface area contributed by atoms with Crippen molar-refractivity contribution in [2.45, 2.75) is 0 Å². The van der Waals surface area contributed by atoms with E-state index < -0.39 is 62.9 Å². The van der Waals surface area contributed by atoms with Crippen LogP contribution in [0.1, 0.15) is 20.7 Å². The van der Waals surface area contributed by atoms with Gasteiger partial charge in [0.05, 0.1) is 48.9 Å². The molecule has 6 N–H and O–H groups in total. The number of halogens is 10. The first-order valence-corrected chi connectivity index (χ1v) is 14.7. The number of rotatable bonds is 6. The molecule has 8 nitrogen and oxygen atoms in total. The van der Waals surface area contributed by atoms with Crippen molar-refractivity contribution in [2.24, 2.45) is 0 Å². The number of hydroxylamine groups is 2. The summed E-state index contributed by atoms with van der Waals surface area (Å²) in [4.78, 5) is 23.1. The standard InChI is InChI=1S/C13H7Cl2F2IN2O2.C13H7ClF3IN2O2/c2*14-7-3-5(18)1-2-9(7)19-12-6(13(21)20-22)4-8(15)10(16)11(12)17/h2*1-4,19,22H,(H,20,21). The minimum atomic E-state index is -1.75. The van der Waals surface area contributed by atoms with Crippen LogP contribution < -0.4 is 21.6 Å². The Balaban J connectivity index is 0.000000240. The third-order valence-corrected chi connectivity index (χ3v) is 7.64. The van der Waals surface area contributed by atoms with Gasteiger partial charge in [0.1, 0.15) is 0 Å². The lowest BCUT2D eigenvalue weighted by Crippen LogP contribution is -2.21. The van der Waals surface area contributed by atoms with E-state index in [1.807, 2.05) is 45.2 Å². The number of hydrogen-bond donors (Lipinski definition) is 6. The predicted molar refractivity (Wildman–Crippen MR) is 171 cm³/mol. The van der Waals surface area contributed by atoms with Crippen LogP contribution in [0.4, 0.5) is 44.7 Å². The number of nitrogens with one attached hydrogen (secondary N) is 4. The van der Waals surface area contributed by atoms with Crippen LogP contribution in [0.2, 0.25) is 15.1 Å². The molecular weight excluding hydrogens is 887 g/mol. The smallest absolute Gasteiger partial charge is 0.276 e. The molecule has 18 heteroatoms. The van der Waals surface area contributed by atoms with Crippen molar-refractivity contribution < 1.29 is 42.0 Å². The molecule has 232 valence electrons. The fourth-order valence-corrected chi connectivity index (χ4v) is 5.36. The summed E-state index contributed by atoms with van der Waals surface area (Å²) in [5, 5.41) is 22.2. The number of carbonyl (C=O) groups excluding carboxylic acids is 2. The molecule has 4 aromatic rings. The molecule has 44 heavy (non-hydrogen) atoms. The van der Waals surface area contributed by atoms with E-state index in [1.165, 1.54) is 23.1 Å². The molecular formula is C26H14Cl3F5I2N4O4. The molecule has 4 aromatic carbocycles. The lowest BCUT2D eigenvalue weighted by molar-refractivity contribution is 0.0702. The van der Waals surface area contributed by atoms with E-state index in [0.29, 0.717) is 6.07 Å². The zero-order chi connectivity index (χ0) is 32.9. The fourth-order valence-electron chi connectivity index (χ4n) is 3.36. The Morgan fingerprint density at radius 1 is 0.591 bits per heavy atom. The highest BCUT2D eigenvalue weighted by Gasteiger charge is 2.24. The first-order chi connectivity index (χ1) is 20.7. The SMILES string of the molecule is O=C(NO)c1cc(Cl)c(F)c(F)c1Nc1ccc(I)cc1Cl.O=C(NO)c1cc(F)c(F)c(F)c1Nc1ccc(I)cc1Cl. The van der Waals surface area contributed by atoms with E-state index in [-0.39, 0.29) is 27.0 Å². The van der Waals surface area contributed by atoms with E-state index in [1.54, 1.807) is 24.3 Å². The summed E-state index contributed by atoms with van der Waals surface area (Å²) >= 11 is 21.5. The highest BCUT2D eigenvalue weighted by molar-refractivity contribution is 14.1. The Morgan fingerprint density at radius 2 is 1.00 bits per heavy atom. The lowest BCUT2D eigenvalue weighted by atomic mass is 10.1. The fraction of sp³-hybridized carbons (Fsp3) is 0. The van der Waals surface area contributed by atoms with E-state index >= 15 is 0 Å². The summed E-state index contributed by atoms with van der Waals surface area (Å²) in [6.07, 6.45) is 0. The summed E-state index contributed by atoms with van der Waals surface area (Å²) < 4.78 is 69.9. The molecule has 0 aliphatic rings. The van der Waals surface area contributed by atoms with Crippen LogP contribution in [0.25, 0.3) is 0 Å². The van der Waals surface area contributed by atoms with Crippen LogP contribution in [-0.2, 0) is 0 Å². The molecule has 0 aliphatic heterocycles. The highest BCUT2D eigenvalue weighted by atomic mass is 127. The number of hydrogen-bond acceptors (Lipinski definition) is 6. The van der Waals surface area contributed by atoms with Gasteiger partial charge in [0, 0.05) is 7.14 Å². The second-order valence-electron chi connectivity index (χ2n) is 8.20. The summed E-state index contributed by atoms with van der Waals surface area (Å²) in [6.45, 7) is 0. The maximum atomic E-state index is 14.1. The molecule has 0 saturated heterocycles. The average molecular weight is 902 g/mol. The van der Waals surface area contributed by atoms with Gasteiger partial charge in [-0.2, -0.15) is 0 Å². The predicted octanol–water partition coefficient (Wildman–Crippen LogP) is 8.96. The van der Waals surface area contributed by atoms with Crippen molar-refractivity contribution in [2.75, 3.05) is 10.6 Å². The molecule has 2 amide bonds. The summed E-state index contributed by atoms with van der Waals surface area (Å²) in [7, 11) is 0. The largest absolute Gasteiger partial charge is 0.351 e. The maximum absolute atomic E-state index is 14.1. The third kappa shape index (κ3) is 8.32. The van der Waals surface area contributed by atoms with Crippen molar-refractivity contribution in [1.82, 2.24) is 11.0 Å². The molecule has 0 unspecified atom stereocenters. The van der Waals surface area contributed by atoms with Gasteiger partial charge in [-0.15, -0.1) is 0 Å². The van der Waals surface area contributed by atoms with Crippen molar-refractivity contribution in [1.29, 1.82) is 0 Å². The molecule has 0 spiro atoms. The Kier molecular flexibility index (Phi) is 12.6. The van der Waals surface area contributed by atoms with Gasteiger partial charge >= 0.3 is 0 Å². The Hall–Kier alpha value is -2.68. The molecule has 0 radical (unpaired) electrons. The molecule has 0 heterocycles. The molecule has 0 aromatic heterocycles. The third-order valence-electron chi connectivity index (χ3n) is 5.40. The quantitative estimate of drug-likeness (QED) is 0.0378. The van der Waals surface area contributed by atoms with Crippen LogP contribution >= 0.6 is 80.0 Å². The van der Waals surface area contributed by atoms with Crippen molar-refractivity contribution in [3.8, 4) is 0 Å². The molecule has 4 rings (SSSR count). The van der Waals surface area contributed by atoms with Crippen molar-refractivity contribution >= 4 is 115 Å². The summed E-state index contributed by atoms with van der Waals surface area (Å²) in [5.74, 6) is -9.85. The number of amides is 2. The average Bonchev–Trinajstić information content (AvgIpc) is 2.99. The van der Waals surface area contributed by atoms with E-state index in [0.717, 1.165) is 13.2 Å². The van der Waals surface area contributed by atoms with E-state index in [4.69, 9.17) is 45.2 Å². The van der Waals surface area contributed by atoms with Crippen LogP contribution in [0.3, 0.4) is 0 Å². The Bertz CT molecular complexity index is 1650. The zero-order valence-electron chi connectivity index (χ0n) is 21.1. The van der Waals surface area contributed by atoms with Gasteiger partial charge in [-0.3, -0.25) is 20.0 Å². The molecule has 0 aliphatic carbocycles. The van der Waals surface area contributed by atoms with Gasteiger partial charge in [-0.05, 0) is 93.7 Å². The molecule has 0 saturated carbocycles. The van der Waals surface area contributed by atoms with Crippen LogP contribution in [0.15, 0.2) is 48.5 Å². The molecule has 0 bridgehead atoms. The minimum Gasteiger partial charge on any atom is -0.351 e. The first kappa shape index (κ1) is 35.8. The van der Waals surface area contributed by atoms with E-state index in [2.05, 4.69) is 10.6 Å². The topological polar surface area (TPSA) is 123 Å². The van der Waals surface area contributed by atoms with Crippen LogP contribution in [0.5, 0.6) is 0 Å². The van der Waals surface area contributed by atoms with Crippen molar-refractivity contribution in [3.63, 3.8) is 0 Å². The monoisotopic (exact) mass is 900 g/mol. The number of benzene rings is 4. The first-order valence-electron chi connectivity index (χ1n) is 11.4. The summed E-state index contributed by atoms with van der Waals surface area (Å²) in [6, 6.07) is 10.8. The van der Waals surface area contributed by atoms with Gasteiger partial charge < -0.3 is 10.6 Å². The Morgan fingerprint density at radius 3 is 1.41 bits per heavy atom. The normalized spacial score (nSPS) is 10.5. The van der Waals surface area contributed by atoms with Gasteiger partial charge in [-0.25, -0.2) is 32.9 Å². The maximum Gasteiger partial charge on any atom is 0.276 e. The van der Waals surface area contributed by atoms with Gasteiger partial charge in [0.25, 0.3) is 11.8 Å². The zero-order valence-corrected chi connectivity index (χ0v) is 27.7. The molecule has 0 fully saturated rings. The minimum absolute atomic E-state index is 0.180. The van der Waals surface area contributed by atoms with Gasteiger partial charge in [-0.1, -0.05) is 34.8 Å². The number of anilines is 4. The lowest BCUT2D eigenvalue weighted by Gasteiger charge is -2.14.